The first-order valence-corrected chi connectivity index (χ1v) is 6.51. The summed E-state index contributed by atoms with van der Waals surface area (Å²) in [6.45, 7) is 1.03. The number of benzene rings is 2. The molecule has 1 nitrogen and oxygen atoms in total. The summed E-state index contributed by atoms with van der Waals surface area (Å²) in [6.07, 6.45) is 5.61. The van der Waals surface area contributed by atoms with E-state index in [4.69, 9.17) is 0 Å². The fourth-order valence-electron chi connectivity index (χ4n) is 3.13. The predicted octanol–water partition coefficient (Wildman–Crippen LogP) is 3.77. The second-order valence-electron chi connectivity index (χ2n) is 5.11. The highest BCUT2D eigenvalue weighted by Gasteiger charge is 2.28. The molecule has 0 aliphatic carbocycles. The molecule has 0 bridgehead atoms. The number of nitrogens with zero attached hydrogens (tertiary/aromatic N) is 1. The molecule has 1 heteroatoms. The van der Waals surface area contributed by atoms with Crippen LogP contribution in [0.1, 0.15) is 28.3 Å². The van der Waals surface area contributed by atoms with Gasteiger partial charge in [-0.25, -0.2) is 0 Å². The summed E-state index contributed by atoms with van der Waals surface area (Å²) in [5.74, 6) is 0. The average Bonchev–Trinajstić information content (AvgIpc) is 2.45. The summed E-state index contributed by atoms with van der Waals surface area (Å²) in [5, 5.41) is 0. The normalized spacial score (nSPS) is 20.0. The van der Waals surface area contributed by atoms with E-state index in [0.29, 0.717) is 6.04 Å². The largest absolute Gasteiger partial charge is 0.366 e. The minimum Gasteiger partial charge on any atom is -0.366 e. The Morgan fingerprint density at radius 2 is 1.67 bits per heavy atom. The summed E-state index contributed by atoms with van der Waals surface area (Å²) >= 11 is 0. The molecule has 0 radical (unpaired) electrons. The van der Waals surface area contributed by atoms with Crippen LogP contribution in [0.25, 0.3) is 6.08 Å². The molecule has 2 aliphatic heterocycles. The van der Waals surface area contributed by atoms with Crippen LogP contribution in [-0.4, -0.2) is 4.90 Å². The van der Waals surface area contributed by atoms with Crippen LogP contribution in [-0.2, 0) is 13.0 Å². The molecule has 2 aromatic rings. The van der Waals surface area contributed by atoms with Crippen molar-refractivity contribution < 1.29 is 0 Å². The lowest BCUT2D eigenvalue weighted by atomic mass is 9.86. The number of hydrogen-bond acceptors (Lipinski definition) is 1. The van der Waals surface area contributed by atoms with Crippen molar-refractivity contribution in [2.24, 2.45) is 0 Å². The fraction of sp³-hybridized carbons (Fsp3) is 0.176. The Balaban J connectivity index is 1.82. The first kappa shape index (κ1) is 9.95. The van der Waals surface area contributed by atoms with Crippen molar-refractivity contribution in [3.63, 3.8) is 0 Å². The zero-order chi connectivity index (χ0) is 11.9. The van der Waals surface area contributed by atoms with Crippen molar-refractivity contribution in [1.82, 2.24) is 4.90 Å². The van der Waals surface area contributed by atoms with Gasteiger partial charge in [-0.05, 0) is 34.8 Å². The summed E-state index contributed by atoms with van der Waals surface area (Å²) in [5.41, 5.74) is 5.81. The first-order chi connectivity index (χ1) is 8.92. The van der Waals surface area contributed by atoms with Gasteiger partial charge in [0, 0.05) is 12.7 Å². The smallest absolute Gasteiger partial charge is 0.0586 e. The number of hydrogen-bond donors (Lipinski definition) is 0. The van der Waals surface area contributed by atoms with Crippen molar-refractivity contribution in [2.45, 2.75) is 19.0 Å². The lowest BCUT2D eigenvalue weighted by molar-refractivity contribution is 0.249. The Bertz CT molecular complexity index is 627. The van der Waals surface area contributed by atoms with Gasteiger partial charge in [0.25, 0.3) is 0 Å². The van der Waals surface area contributed by atoms with Crippen LogP contribution in [0.2, 0.25) is 0 Å². The van der Waals surface area contributed by atoms with E-state index in [1.807, 2.05) is 0 Å². The molecule has 0 saturated heterocycles. The highest BCUT2D eigenvalue weighted by atomic mass is 15.1. The Morgan fingerprint density at radius 1 is 0.889 bits per heavy atom. The van der Waals surface area contributed by atoms with Gasteiger partial charge in [-0.2, -0.15) is 0 Å². The molecule has 0 fully saturated rings. The minimum atomic E-state index is 0.515. The van der Waals surface area contributed by atoms with Crippen LogP contribution >= 0.6 is 0 Å². The topological polar surface area (TPSA) is 3.24 Å². The van der Waals surface area contributed by atoms with Gasteiger partial charge in [0.05, 0.1) is 6.04 Å². The average molecular weight is 233 g/mol. The maximum Gasteiger partial charge on any atom is 0.0586 e. The maximum absolute atomic E-state index is 2.46. The Labute approximate surface area is 107 Å². The number of fused-ring (bicyclic) bond motifs is 4. The second kappa shape index (κ2) is 3.74. The summed E-state index contributed by atoms with van der Waals surface area (Å²) in [4.78, 5) is 2.46. The van der Waals surface area contributed by atoms with Crippen molar-refractivity contribution >= 4 is 6.08 Å². The SMILES string of the molecule is C1=CN2Cc3ccccc3CC2c2ccccc21. The van der Waals surface area contributed by atoms with Crippen molar-refractivity contribution in [3.8, 4) is 0 Å². The fourth-order valence-corrected chi connectivity index (χ4v) is 3.13. The van der Waals surface area contributed by atoms with Crippen molar-refractivity contribution in [2.75, 3.05) is 0 Å². The van der Waals surface area contributed by atoms with E-state index in [2.05, 4.69) is 65.7 Å². The molecule has 18 heavy (non-hydrogen) atoms. The lowest BCUT2D eigenvalue weighted by Gasteiger charge is -2.39. The molecule has 0 aromatic heterocycles. The second-order valence-corrected chi connectivity index (χ2v) is 5.11. The van der Waals surface area contributed by atoms with Gasteiger partial charge in [0.15, 0.2) is 0 Å². The van der Waals surface area contributed by atoms with Crippen LogP contribution < -0.4 is 0 Å². The molecule has 0 spiro atoms. The molecule has 0 N–H and O–H groups in total. The van der Waals surface area contributed by atoms with Crippen LogP contribution in [0.3, 0.4) is 0 Å². The molecule has 88 valence electrons. The molecule has 1 atom stereocenters. The predicted molar refractivity (Wildman–Crippen MR) is 73.9 cm³/mol. The standard InChI is InChI=1S/C17H15N/c1-2-7-15-12-18-10-9-13-5-3-4-8-16(13)17(18)11-14(15)6-1/h1-10,17H,11-12H2. The Morgan fingerprint density at radius 3 is 2.61 bits per heavy atom. The third-order valence-electron chi connectivity index (χ3n) is 4.09. The molecule has 4 rings (SSSR count). The van der Waals surface area contributed by atoms with Crippen LogP contribution in [0.15, 0.2) is 54.7 Å². The van der Waals surface area contributed by atoms with Gasteiger partial charge >= 0.3 is 0 Å². The number of rotatable bonds is 0. The van der Waals surface area contributed by atoms with Gasteiger partial charge in [0.2, 0.25) is 0 Å². The highest BCUT2D eigenvalue weighted by Crippen LogP contribution is 2.37. The molecule has 0 saturated carbocycles. The van der Waals surface area contributed by atoms with E-state index < -0.39 is 0 Å². The molecule has 2 aliphatic rings. The maximum atomic E-state index is 2.46. The van der Waals surface area contributed by atoms with Gasteiger partial charge in [-0.1, -0.05) is 48.5 Å². The zero-order valence-corrected chi connectivity index (χ0v) is 10.2. The molecule has 2 heterocycles. The highest BCUT2D eigenvalue weighted by molar-refractivity contribution is 5.58. The van der Waals surface area contributed by atoms with E-state index in [9.17, 15) is 0 Å². The molecular formula is C17H15N. The van der Waals surface area contributed by atoms with Crippen LogP contribution in [0, 0.1) is 0 Å². The van der Waals surface area contributed by atoms with Crippen molar-refractivity contribution in [1.29, 1.82) is 0 Å². The monoisotopic (exact) mass is 233 g/mol. The molecule has 2 aromatic carbocycles. The van der Waals surface area contributed by atoms with Gasteiger partial charge in [-0.15, -0.1) is 0 Å². The third kappa shape index (κ3) is 1.40. The van der Waals surface area contributed by atoms with E-state index in [1.165, 1.54) is 22.3 Å². The zero-order valence-electron chi connectivity index (χ0n) is 10.2. The van der Waals surface area contributed by atoms with Crippen LogP contribution in [0.5, 0.6) is 0 Å². The molecular weight excluding hydrogens is 218 g/mol. The quantitative estimate of drug-likeness (QED) is 0.669. The van der Waals surface area contributed by atoms with Crippen LogP contribution in [0.4, 0.5) is 0 Å². The Kier molecular flexibility index (Phi) is 2.07. The van der Waals surface area contributed by atoms with Gasteiger partial charge in [0.1, 0.15) is 0 Å². The van der Waals surface area contributed by atoms with E-state index in [0.717, 1.165) is 13.0 Å². The minimum absolute atomic E-state index is 0.515. The van der Waals surface area contributed by atoms with E-state index in [-0.39, 0.29) is 0 Å². The van der Waals surface area contributed by atoms with E-state index >= 15 is 0 Å². The molecule has 1 unspecified atom stereocenters. The van der Waals surface area contributed by atoms with Gasteiger partial charge < -0.3 is 4.90 Å². The Hall–Kier alpha value is -2.02. The van der Waals surface area contributed by atoms with E-state index in [1.54, 1.807) is 0 Å². The first-order valence-electron chi connectivity index (χ1n) is 6.51. The van der Waals surface area contributed by atoms with Gasteiger partial charge in [-0.3, -0.25) is 0 Å². The van der Waals surface area contributed by atoms with Crippen molar-refractivity contribution in [3.05, 3.63) is 77.0 Å². The summed E-state index contributed by atoms with van der Waals surface area (Å²) in [6, 6.07) is 18.1. The lowest BCUT2D eigenvalue weighted by Crippen LogP contribution is -2.32. The third-order valence-corrected chi connectivity index (χ3v) is 4.09. The molecule has 0 amide bonds. The summed E-state index contributed by atoms with van der Waals surface area (Å²) < 4.78 is 0. The summed E-state index contributed by atoms with van der Waals surface area (Å²) in [7, 11) is 0.